The molecule has 1 heterocycles. The van der Waals surface area contributed by atoms with Gasteiger partial charge < -0.3 is 14.7 Å². The molecule has 2 aliphatic rings. The minimum atomic E-state index is -1.07. The Morgan fingerprint density at radius 1 is 1.43 bits per heavy atom. The van der Waals surface area contributed by atoms with Gasteiger partial charge in [-0.3, -0.25) is 4.79 Å². The number of carbonyl (C=O) groups is 2. The molecular formula is C14H13BrClNO4. The van der Waals surface area contributed by atoms with Crippen LogP contribution >= 0.6 is 27.5 Å². The lowest BCUT2D eigenvalue weighted by Crippen LogP contribution is -2.52. The van der Waals surface area contributed by atoms with Crippen LogP contribution in [0.4, 0.5) is 0 Å². The van der Waals surface area contributed by atoms with Gasteiger partial charge in [0.25, 0.3) is 0 Å². The summed E-state index contributed by atoms with van der Waals surface area (Å²) in [6.07, 6.45) is 0.736. The molecule has 5 nitrogen and oxygen atoms in total. The summed E-state index contributed by atoms with van der Waals surface area (Å²) in [4.78, 5) is 25.3. The predicted molar refractivity (Wildman–Crippen MR) is 79.1 cm³/mol. The van der Waals surface area contributed by atoms with Gasteiger partial charge in [0.2, 0.25) is 5.91 Å². The Labute approximate surface area is 135 Å². The molecule has 1 aliphatic carbocycles. The summed E-state index contributed by atoms with van der Waals surface area (Å²) in [5, 5.41) is 9.96. The molecular weight excluding hydrogens is 362 g/mol. The number of nitrogens with zero attached hydrogens (tertiary/aromatic N) is 1. The molecule has 2 unspecified atom stereocenters. The van der Waals surface area contributed by atoms with Crippen molar-refractivity contribution in [1.82, 2.24) is 4.90 Å². The normalized spacial score (nSPS) is 26.0. The lowest BCUT2D eigenvalue weighted by atomic mass is 9.97. The Balaban J connectivity index is 2.06. The number of carbonyl (C=O) groups excluding carboxylic acids is 1. The van der Waals surface area contributed by atoms with Crippen molar-refractivity contribution in [3.63, 3.8) is 0 Å². The summed E-state index contributed by atoms with van der Waals surface area (Å²) in [5.74, 6) is -1.23. The molecule has 1 aromatic carbocycles. The second-order valence-electron chi connectivity index (χ2n) is 5.21. The highest BCUT2D eigenvalue weighted by Crippen LogP contribution is 2.42. The van der Waals surface area contributed by atoms with Crippen LogP contribution in [0.1, 0.15) is 24.4 Å². The van der Waals surface area contributed by atoms with Crippen molar-refractivity contribution in [2.24, 2.45) is 0 Å². The lowest BCUT2D eigenvalue weighted by molar-refractivity contribution is -0.174. The SMILES string of the molecule is O=C(O)C1OCC(=O)N(C2CC2)C1c1ccc(Cl)cc1Br. The van der Waals surface area contributed by atoms with Gasteiger partial charge in [0.15, 0.2) is 6.10 Å². The van der Waals surface area contributed by atoms with E-state index in [0.29, 0.717) is 15.1 Å². The molecule has 1 saturated heterocycles. The first-order valence-corrected chi connectivity index (χ1v) is 7.76. The number of carboxylic acid groups (broad SMARTS) is 1. The van der Waals surface area contributed by atoms with Crippen LogP contribution in [0.15, 0.2) is 22.7 Å². The van der Waals surface area contributed by atoms with Gasteiger partial charge in [-0.2, -0.15) is 0 Å². The van der Waals surface area contributed by atoms with Crippen molar-refractivity contribution in [2.75, 3.05) is 6.61 Å². The van der Waals surface area contributed by atoms with Crippen LogP contribution in [0.3, 0.4) is 0 Å². The zero-order valence-corrected chi connectivity index (χ0v) is 13.3. The highest BCUT2D eigenvalue weighted by Gasteiger charge is 2.48. The lowest BCUT2D eigenvalue weighted by Gasteiger charge is -2.40. The third kappa shape index (κ3) is 2.80. The van der Waals surface area contributed by atoms with Gasteiger partial charge in [-0.15, -0.1) is 0 Å². The molecule has 21 heavy (non-hydrogen) atoms. The third-order valence-electron chi connectivity index (χ3n) is 3.73. The van der Waals surface area contributed by atoms with E-state index in [-0.39, 0.29) is 18.6 Å². The molecule has 1 amide bonds. The average molecular weight is 375 g/mol. The quantitative estimate of drug-likeness (QED) is 0.883. The summed E-state index contributed by atoms with van der Waals surface area (Å²) in [6, 6.07) is 4.59. The van der Waals surface area contributed by atoms with Crippen LogP contribution in [0.5, 0.6) is 0 Å². The first kappa shape index (κ1) is 14.8. The summed E-state index contributed by atoms with van der Waals surface area (Å²) in [5.41, 5.74) is 0.701. The highest BCUT2D eigenvalue weighted by molar-refractivity contribution is 9.10. The maximum Gasteiger partial charge on any atom is 0.335 e. The maximum atomic E-state index is 12.2. The molecule has 112 valence electrons. The molecule has 7 heteroatoms. The van der Waals surface area contributed by atoms with Crippen LogP contribution in [-0.4, -0.2) is 40.6 Å². The largest absolute Gasteiger partial charge is 0.479 e. The predicted octanol–water partition coefficient (Wildman–Crippen LogP) is 2.62. The Kier molecular flexibility index (Phi) is 3.94. The van der Waals surface area contributed by atoms with Gasteiger partial charge in [-0.1, -0.05) is 33.6 Å². The van der Waals surface area contributed by atoms with E-state index in [4.69, 9.17) is 16.3 Å². The molecule has 1 saturated carbocycles. The number of halogens is 2. The van der Waals surface area contributed by atoms with Crippen LogP contribution in [0.2, 0.25) is 5.02 Å². The van der Waals surface area contributed by atoms with Gasteiger partial charge >= 0.3 is 5.97 Å². The third-order valence-corrected chi connectivity index (χ3v) is 4.65. The number of rotatable bonds is 3. The van der Waals surface area contributed by atoms with Crippen LogP contribution in [-0.2, 0) is 14.3 Å². The van der Waals surface area contributed by atoms with Gasteiger partial charge in [-0.25, -0.2) is 4.79 Å². The number of carboxylic acids is 1. The Hall–Kier alpha value is -1.11. The van der Waals surface area contributed by atoms with E-state index in [2.05, 4.69) is 15.9 Å². The van der Waals surface area contributed by atoms with Crippen LogP contribution in [0.25, 0.3) is 0 Å². The maximum absolute atomic E-state index is 12.2. The van der Waals surface area contributed by atoms with Gasteiger partial charge in [0.05, 0.1) is 6.04 Å². The van der Waals surface area contributed by atoms with Crippen molar-refractivity contribution < 1.29 is 19.4 Å². The van der Waals surface area contributed by atoms with E-state index < -0.39 is 18.1 Å². The Bertz CT molecular complexity index is 605. The minimum absolute atomic E-state index is 0.107. The second kappa shape index (κ2) is 5.59. The summed E-state index contributed by atoms with van der Waals surface area (Å²) < 4.78 is 5.94. The molecule has 1 N–H and O–H groups in total. The van der Waals surface area contributed by atoms with Crippen molar-refractivity contribution in [1.29, 1.82) is 0 Å². The second-order valence-corrected chi connectivity index (χ2v) is 6.50. The first-order valence-electron chi connectivity index (χ1n) is 6.59. The van der Waals surface area contributed by atoms with E-state index in [1.54, 1.807) is 23.1 Å². The zero-order valence-electron chi connectivity index (χ0n) is 11.0. The Morgan fingerprint density at radius 3 is 2.71 bits per heavy atom. The molecule has 3 rings (SSSR count). The number of benzene rings is 1. The van der Waals surface area contributed by atoms with E-state index in [9.17, 15) is 14.7 Å². The van der Waals surface area contributed by atoms with E-state index >= 15 is 0 Å². The Morgan fingerprint density at radius 2 is 2.14 bits per heavy atom. The van der Waals surface area contributed by atoms with Gasteiger partial charge in [0, 0.05) is 15.5 Å². The molecule has 2 atom stereocenters. The molecule has 0 radical (unpaired) electrons. The number of amides is 1. The minimum Gasteiger partial charge on any atom is -0.479 e. The molecule has 0 bridgehead atoms. The highest BCUT2D eigenvalue weighted by atomic mass is 79.9. The van der Waals surface area contributed by atoms with E-state index in [1.165, 1.54) is 0 Å². The van der Waals surface area contributed by atoms with Gasteiger partial charge in [0.1, 0.15) is 6.61 Å². The topological polar surface area (TPSA) is 66.8 Å². The average Bonchev–Trinajstić information content (AvgIpc) is 3.22. The van der Waals surface area contributed by atoms with Gasteiger partial charge in [-0.05, 0) is 30.5 Å². The van der Waals surface area contributed by atoms with Crippen LogP contribution < -0.4 is 0 Å². The fraction of sp³-hybridized carbons (Fsp3) is 0.429. The fourth-order valence-corrected chi connectivity index (χ4v) is 3.59. The number of hydrogen-bond donors (Lipinski definition) is 1. The molecule has 1 aromatic rings. The number of aliphatic carboxylic acids is 1. The monoisotopic (exact) mass is 373 g/mol. The first-order chi connectivity index (χ1) is 9.99. The van der Waals surface area contributed by atoms with E-state index in [1.807, 2.05) is 0 Å². The molecule has 0 spiro atoms. The summed E-state index contributed by atoms with van der Waals surface area (Å²) >= 11 is 9.34. The van der Waals surface area contributed by atoms with Crippen molar-refractivity contribution in [3.8, 4) is 0 Å². The van der Waals surface area contributed by atoms with Crippen molar-refractivity contribution in [2.45, 2.75) is 31.0 Å². The number of morpholine rings is 1. The smallest absolute Gasteiger partial charge is 0.335 e. The number of ether oxygens (including phenoxy) is 1. The van der Waals surface area contributed by atoms with E-state index in [0.717, 1.165) is 12.8 Å². The standard InChI is InChI=1S/C14H13BrClNO4/c15-10-5-7(16)1-4-9(10)12-13(14(19)20)21-6-11(18)17(12)8-2-3-8/h1,4-5,8,12-13H,2-3,6H2,(H,19,20). The van der Waals surface area contributed by atoms with Crippen LogP contribution in [0, 0.1) is 0 Å². The summed E-state index contributed by atoms with van der Waals surface area (Å²) in [7, 11) is 0. The molecule has 2 fully saturated rings. The molecule has 0 aromatic heterocycles. The summed E-state index contributed by atoms with van der Waals surface area (Å²) in [6.45, 7) is -0.185. The zero-order chi connectivity index (χ0) is 15.1. The van der Waals surface area contributed by atoms with Crippen molar-refractivity contribution in [3.05, 3.63) is 33.3 Å². The number of hydrogen-bond acceptors (Lipinski definition) is 3. The molecule has 1 aliphatic heterocycles. The fourth-order valence-electron chi connectivity index (χ4n) is 2.67. The van der Waals surface area contributed by atoms with Crippen molar-refractivity contribution >= 4 is 39.4 Å².